The summed E-state index contributed by atoms with van der Waals surface area (Å²) in [6.07, 6.45) is 1.39. The minimum atomic E-state index is -0.571. The summed E-state index contributed by atoms with van der Waals surface area (Å²) in [5.74, 6) is -0.0226. The predicted octanol–water partition coefficient (Wildman–Crippen LogP) is 0.336. The first-order valence-corrected chi connectivity index (χ1v) is 5.38. The van der Waals surface area contributed by atoms with E-state index in [1.165, 1.54) is 13.3 Å². The van der Waals surface area contributed by atoms with E-state index in [2.05, 4.69) is 20.0 Å². The Balaban J connectivity index is 2.59. The van der Waals surface area contributed by atoms with Crippen LogP contribution in [0.1, 0.15) is 10.6 Å². The van der Waals surface area contributed by atoms with Crippen molar-refractivity contribution in [2.45, 2.75) is 6.10 Å². The molecule has 0 radical (unpaired) electrons. The van der Waals surface area contributed by atoms with Gasteiger partial charge in [-0.25, -0.2) is 14.8 Å². The summed E-state index contributed by atoms with van der Waals surface area (Å²) >= 11 is 0. The first kappa shape index (κ1) is 14.3. The van der Waals surface area contributed by atoms with Crippen LogP contribution in [0.2, 0.25) is 0 Å². The minimum absolute atomic E-state index is 0.0169. The van der Waals surface area contributed by atoms with Gasteiger partial charge in [-0.15, -0.1) is 0 Å². The van der Waals surface area contributed by atoms with Crippen LogP contribution in [0.15, 0.2) is 12.3 Å². The van der Waals surface area contributed by atoms with E-state index >= 15 is 0 Å². The third-order valence-corrected chi connectivity index (χ3v) is 2.22. The average Bonchev–Trinajstić information content (AvgIpc) is 2.42. The number of ether oxygens (including phenoxy) is 3. The molecule has 0 saturated heterocycles. The van der Waals surface area contributed by atoms with E-state index in [9.17, 15) is 4.79 Å². The molecule has 0 aromatic carbocycles. The normalized spacial score (nSPS) is 11.9. The van der Waals surface area contributed by atoms with Gasteiger partial charge < -0.3 is 19.5 Å². The van der Waals surface area contributed by atoms with Crippen molar-refractivity contribution in [3.63, 3.8) is 0 Å². The number of anilines is 1. The molecule has 0 aliphatic rings. The first-order chi connectivity index (χ1) is 8.71. The summed E-state index contributed by atoms with van der Waals surface area (Å²) in [7, 11) is 4.49. The lowest BCUT2D eigenvalue weighted by molar-refractivity contribution is 0.0365. The zero-order chi connectivity index (χ0) is 13.4. The standard InChI is InChI=1S/C11H17N3O4/c1-16-7-8(17-2)6-13-9-4-5-12-10(14-9)11(15)18-3/h4-5,8H,6-7H2,1-3H3,(H,12,13,14). The highest BCUT2D eigenvalue weighted by molar-refractivity contribution is 5.85. The maximum absolute atomic E-state index is 11.2. The van der Waals surface area contributed by atoms with E-state index in [0.717, 1.165) is 0 Å². The Morgan fingerprint density at radius 3 is 2.83 bits per heavy atom. The molecule has 100 valence electrons. The fourth-order valence-corrected chi connectivity index (χ4v) is 1.26. The summed E-state index contributed by atoms with van der Waals surface area (Å²) in [6, 6.07) is 1.66. The molecule has 18 heavy (non-hydrogen) atoms. The van der Waals surface area contributed by atoms with Crippen molar-refractivity contribution in [3.05, 3.63) is 18.1 Å². The number of nitrogens with one attached hydrogen (secondary N) is 1. The number of hydrogen-bond donors (Lipinski definition) is 1. The Hall–Kier alpha value is -1.73. The van der Waals surface area contributed by atoms with Crippen LogP contribution in [-0.2, 0) is 14.2 Å². The molecule has 0 aliphatic heterocycles. The fraction of sp³-hybridized carbons (Fsp3) is 0.545. The monoisotopic (exact) mass is 255 g/mol. The lowest BCUT2D eigenvalue weighted by Crippen LogP contribution is -2.27. The summed E-state index contributed by atoms with van der Waals surface area (Å²) in [5, 5.41) is 3.04. The van der Waals surface area contributed by atoms with Gasteiger partial charge in [-0.2, -0.15) is 0 Å². The second-order valence-electron chi connectivity index (χ2n) is 3.45. The zero-order valence-electron chi connectivity index (χ0n) is 10.7. The number of aromatic nitrogens is 2. The quantitative estimate of drug-likeness (QED) is 0.703. The van der Waals surface area contributed by atoms with Crippen LogP contribution in [0.4, 0.5) is 5.82 Å². The predicted molar refractivity (Wildman–Crippen MR) is 64.5 cm³/mol. The van der Waals surface area contributed by atoms with E-state index in [0.29, 0.717) is 19.0 Å². The van der Waals surface area contributed by atoms with E-state index in [1.54, 1.807) is 20.3 Å². The minimum Gasteiger partial charge on any atom is -0.463 e. The number of carbonyl (C=O) groups is 1. The molecule has 1 heterocycles. The molecule has 7 nitrogen and oxygen atoms in total. The zero-order valence-corrected chi connectivity index (χ0v) is 10.7. The Labute approximate surface area is 105 Å². The van der Waals surface area contributed by atoms with Crippen LogP contribution in [-0.4, -0.2) is 56.5 Å². The van der Waals surface area contributed by atoms with E-state index in [-0.39, 0.29) is 11.9 Å². The lowest BCUT2D eigenvalue weighted by Gasteiger charge is -2.15. The summed E-state index contributed by atoms with van der Waals surface area (Å²) in [5.41, 5.74) is 0. The molecule has 0 amide bonds. The van der Waals surface area contributed by atoms with Gasteiger partial charge in [0.25, 0.3) is 0 Å². The summed E-state index contributed by atoms with van der Waals surface area (Å²) in [4.78, 5) is 19.1. The second-order valence-corrected chi connectivity index (χ2v) is 3.45. The van der Waals surface area contributed by atoms with Crippen LogP contribution in [0.25, 0.3) is 0 Å². The Morgan fingerprint density at radius 2 is 2.22 bits per heavy atom. The van der Waals surface area contributed by atoms with Crippen LogP contribution < -0.4 is 5.32 Å². The number of rotatable bonds is 7. The van der Waals surface area contributed by atoms with Crippen molar-refractivity contribution in [1.82, 2.24) is 9.97 Å². The molecule has 1 atom stereocenters. The van der Waals surface area contributed by atoms with Gasteiger partial charge in [0.05, 0.1) is 19.8 Å². The van der Waals surface area contributed by atoms with Crippen LogP contribution in [0.5, 0.6) is 0 Å². The number of carbonyl (C=O) groups excluding carboxylic acids is 1. The molecular formula is C11H17N3O4. The Kier molecular flexibility index (Phi) is 6.03. The molecule has 1 unspecified atom stereocenters. The second kappa shape index (κ2) is 7.57. The highest BCUT2D eigenvalue weighted by atomic mass is 16.5. The number of methoxy groups -OCH3 is 3. The lowest BCUT2D eigenvalue weighted by atomic mass is 10.3. The third-order valence-electron chi connectivity index (χ3n) is 2.22. The van der Waals surface area contributed by atoms with Gasteiger partial charge in [-0.3, -0.25) is 0 Å². The molecule has 0 saturated carbocycles. The number of esters is 1. The molecule has 1 aromatic heterocycles. The van der Waals surface area contributed by atoms with Gasteiger partial charge in [0.2, 0.25) is 5.82 Å². The molecule has 0 aliphatic carbocycles. The molecular weight excluding hydrogens is 238 g/mol. The van der Waals surface area contributed by atoms with Crippen molar-refractivity contribution in [1.29, 1.82) is 0 Å². The van der Waals surface area contributed by atoms with Crippen LogP contribution >= 0.6 is 0 Å². The summed E-state index contributed by atoms with van der Waals surface area (Å²) < 4.78 is 14.7. The highest BCUT2D eigenvalue weighted by Gasteiger charge is 2.11. The van der Waals surface area contributed by atoms with Gasteiger partial charge in [0.1, 0.15) is 5.82 Å². The Morgan fingerprint density at radius 1 is 1.44 bits per heavy atom. The van der Waals surface area contributed by atoms with E-state index < -0.39 is 5.97 Å². The van der Waals surface area contributed by atoms with Gasteiger partial charge in [0, 0.05) is 27.0 Å². The van der Waals surface area contributed by atoms with Crippen molar-refractivity contribution >= 4 is 11.8 Å². The van der Waals surface area contributed by atoms with Crippen LogP contribution in [0.3, 0.4) is 0 Å². The third kappa shape index (κ3) is 4.27. The Bertz CT molecular complexity index is 386. The van der Waals surface area contributed by atoms with Gasteiger partial charge >= 0.3 is 5.97 Å². The number of hydrogen-bond acceptors (Lipinski definition) is 7. The van der Waals surface area contributed by atoms with Gasteiger partial charge in [-0.05, 0) is 6.07 Å². The summed E-state index contributed by atoms with van der Waals surface area (Å²) in [6.45, 7) is 0.987. The van der Waals surface area contributed by atoms with E-state index in [4.69, 9.17) is 9.47 Å². The highest BCUT2D eigenvalue weighted by Crippen LogP contribution is 2.04. The molecule has 1 aromatic rings. The molecule has 1 rings (SSSR count). The maximum atomic E-state index is 11.2. The molecule has 0 fully saturated rings. The largest absolute Gasteiger partial charge is 0.463 e. The average molecular weight is 255 g/mol. The van der Waals surface area contributed by atoms with Crippen molar-refractivity contribution in [2.24, 2.45) is 0 Å². The van der Waals surface area contributed by atoms with Gasteiger partial charge in [0.15, 0.2) is 0 Å². The number of nitrogens with zero attached hydrogens (tertiary/aromatic N) is 2. The smallest absolute Gasteiger partial charge is 0.376 e. The van der Waals surface area contributed by atoms with Crippen molar-refractivity contribution in [3.8, 4) is 0 Å². The van der Waals surface area contributed by atoms with Crippen molar-refractivity contribution in [2.75, 3.05) is 39.8 Å². The molecule has 0 bridgehead atoms. The molecule has 0 spiro atoms. The SMILES string of the molecule is COCC(CNc1ccnc(C(=O)OC)n1)OC. The van der Waals surface area contributed by atoms with Gasteiger partial charge in [-0.1, -0.05) is 0 Å². The van der Waals surface area contributed by atoms with E-state index in [1.807, 2.05) is 0 Å². The topological polar surface area (TPSA) is 82.6 Å². The molecule has 1 N–H and O–H groups in total. The maximum Gasteiger partial charge on any atom is 0.376 e. The first-order valence-electron chi connectivity index (χ1n) is 5.38. The van der Waals surface area contributed by atoms with Crippen LogP contribution in [0, 0.1) is 0 Å². The molecule has 7 heteroatoms. The van der Waals surface area contributed by atoms with Crippen molar-refractivity contribution < 1.29 is 19.0 Å². The fourth-order valence-electron chi connectivity index (χ4n) is 1.26.